The molecule has 4 heteroatoms. The maximum absolute atomic E-state index is 13.2. The van der Waals surface area contributed by atoms with Crippen LogP contribution < -0.4 is 0 Å². The van der Waals surface area contributed by atoms with Crippen LogP contribution in [0.1, 0.15) is 44.6 Å². The summed E-state index contributed by atoms with van der Waals surface area (Å²) in [4.78, 5) is 15.1. The number of nitrogens with zero attached hydrogens (tertiary/aromatic N) is 1. The van der Waals surface area contributed by atoms with Crippen LogP contribution in [0.4, 0.5) is 0 Å². The Labute approximate surface area is 137 Å². The van der Waals surface area contributed by atoms with Gasteiger partial charge < -0.3 is 10.0 Å². The second kappa shape index (κ2) is 6.21. The molecule has 1 aliphatic carbocycles. The molecule has 0 radical (unpaired) electrons. The Hall–Kier alpha value is -1.06. The zero-order valence-corrected chi connectivity index (χ0v) is 13.9. The summed E-state index contributed by atoms with van der Waals surface area (Å²) in [5.74, 6) is 0.450. The normalized spacial score (nSPS) is 25.4. The number of likely N-dealkylation sites (tertiary alicyclic amines) is 1. The van der Waals surface area contributed by atoms with Crippen LogP contribution in [0, 0.1) is 5.92 Å². The van der Waals surface area contributed by atoms with Gasteiger partial charge in [0.15, 0.2) is 0 Å². The SMILES string of the molecule is CC(O)C1CCCN(C(=O)C2(c3ccc(Cl)cc3)CCC2)C1. The van der Waals surface area contributed by atoms with Crippen LogP contribution in [-0.2, 0) is 10.2 Å². The first-order valence-electron chi connectivity index (χ1n) is 8.26. The second-order valence-electron chi connectivity index (χ2n) is 6.84. The van der Waals surface area contributed by atoms with E-state index < -0.39 is 0 Å². The molecule has 2 unspecified atom stereocenters. The summed E-state index contributed by atoms with van der Waals surface area (Å²) in [5, 5.41) is 10.6. The van der Waals surface area contributed by atoms with Gasteiger partial charge >= 0.3 is 0 Å². The number of carbonyl (C=O) groups is 1. The monoisotopic (exact) mass is 321 g/mol. The molecule has 0 aromatic heterocycles. The first-order chi connectivity index (χ1) is 10.5. The summed E-state index contributed by atoms with van der Waals surface area (Å²) < 4.78 is 0. The summed E-state index contributed by atoms with van der Waals surface area (Å²) in [6, 6.07) is 7.74. The number of amides is 1. The lowest BCUT2D eigenvalue weighted by molar-refractivity contribution is -0.143. The van der Waals surface area contributed by atoms with Gasteiger partial charge in [0.1, 0.15) is 0 Å². The molecule has 1 N–H and O–H groups in total. The zero-order chi connectivity index (χ0) is 15.7. The standard InChI is InChI=1S/C18H24ClNO2/c1-13(21)14-4-2-11-20(12-14)17(22)18(9-3-10-18)15-5-7-16(19)8-6-15/h5-8,13-14,21H,2-4,9-12H2,1H3. The van der Waals surface area contributed by atoms with E-state index in [1.54, 1.807) is 0 Å². The number of hydrogen-bond acceptors (Lipinski definition) is 2. The smallest absolute Gasteiger partial charge is 0.233 e. The topological polar surface area (TPSA) is 40.5 Å². The molecule has 2 aliphatic rings. The minimum atomic E-state index is -0.356. The third-order valence-corrected chi connectivity index (χ3v) is 5.69. The number of piperidine rings is 1. The maximum atomic E-state index is 13.2. The van der Waals surface area contributed by atoms with Crippen LogP contribution in [-0.4, -0.2) is 35.1 Å². The largest absolute Gasteiger partial charge is 0.393 e. The van der Waals surface area contributed by atoms with Crippen molar-refractivity contribution in [1.82, 2.24) is 4.90 Å². The van der Waals surface area contributed by atoms with Crippen molar-refractivity contribution in [2.24, 2.45) is 5.92 Å². The van der Waals surface area contributed by atoms with E-state index in [2.05, 4.69) is 0 Å². The predicted octanol–water partition coefficient (Wildman–Crippen LogP) is 3.38. The van der Waals surface area contributed by atoms with E-state index in [0.29, 0.717) is 11.6 Å². The Morgan fingerprint density at radius 1 is 1.32 bits per heavy atom. The van der Waals surface area contributed by atoms with Crippen molar-refractivity contribution in [1.29, 1.82) is 0 Å². The first-order valence-corrected chi connectivity index (χ1v) is 8.64. The van der Waals surface area contributed by atoms with Gasteiger partial charge in [0.2, 0.25) is 5.91 Å². The van der Waals surface area contributed by atoms with Gasteiger partial charge in [-0.2, -0.15) is 0 Å². The fourth-order valence-corrected chi connectivity index (χ4v) is 3.94. The molecule has 1 saturated carbocycles. The molecule has 120 valence electrons. The van der Waals surface area contributed by atoms with E-state index in [4.69, 9.17) is 11.6 Å². The minimum Gasteiger partial charge on any atom is -0.393 e. The maximum Gasteiger partial charge on any atom is 0.233 e. The van der Waals surface area contributed by atoms with Gasteiger partial charge in [0.25, 0.3) is 0 Å². The molecule has 0 spiro atoms. The number of benzene rings is 1. The Bertz CT molecular complexity index is 537. The molecule has 1 aliphatic heterocycles. The van der Waals surface area contributed by atoms with Gasteiger partial charge in [-0.05, 0) is 50.3 Å². The van der Waals surface area contributed by atoms with E-state index in [0.717, 1.165) is 44.2 Å². The molecule has 22 heavy (non-hydrogen) atoms. The van der Waals surface area contributed by atoms with Crippen molar-refractivity contribution in [3.05, 3.63) is 34.9 Å². The summed E-state index contributed by atoms with van der Waals surface area (Å²) >= 11 is 5.98. The van der Waals surface area contributed by atoms with Gasteiger partial charge in [-0.25, -0.2) is 0 Å². The van der Waals surface area contributed by atoms with Gasteiger partial charge in [-0.15, -0.1) is 0 Å². The van der Waals surface area contributed by atoms with Crippen LogP contribution >= 0.6 is 11.6 Å². The highest BCUT2D eigenvalue weighted by molar-refractivity contribution is 6.30. The lowest BCUT2D eigenvalue weighted by atomic mass is 9.63. The number of carbonyl (C=O) groups excluding carboxylic acids is 1. The van der Waals surface area contributed by atoms with Crippen LogP contribution in [0.15, 0.2) is 24.3 Å². The van der Waals surface area contributed by atoms with Gasteiger partial charge in [-0.1, -0.05) is 30.2 Å². The van der Waals surface area contributed by atoms with Crippen molar-refractivity contribution in [2.75, 3.05) is 13.1 Å². The van der Waals surface area contributed by atoms with Crippen molar-refractivity contribution in [3.8, 4) is 0 Å². The van der Waals surface area contributed by atoms with Crippen LogP contribution in [0.25, 0.3) is 0 Å². The first kappa shape index (κ1) is 15.8. The highest BCUT2D eigenvalue weighted by atomic mass is 35.5. The van der Waals surface area contributed by atoms with Crippen molar-refractivity contribution in [2.45, 2.75) is 50.5 Å². The molecule has 1 saturated heterocycles. The van der Waals surface area contributed by atoms with Crippen LogP contribution in [0.3, 0.4) is 0 Å². The van der Waals surface area contributed by atoms with Gasteiger partial charge in [0.05, 0.1) is 11.5 Å². The number of rotatable bonds is 3. The van der Waals surface area contributed by atoms with Gasteiger partial charge in [-0.3, -0.25) is 4.79 Å². The molecule has 2 fully saturated rings. The van der Waals surface area contributed by atoms with E-state index >= 15 is 0 Å². The van der Waals surface area contributed by atoms with E-state index in [9.17, 15) is 9.90 Å². The number of aliphatic hydroxyl groups excluding tert-OH is 1. The predicted molar refractivity (Wildman–Crippen MR) is 88.0 cm³/mol. The van der Waals surface area contributed by atoms with E-state index in [-0.39, 0.29) is 23.3 Å². The highest BCUT2D eigenvalue weighted by Gasteiger charge is 2.48. The molecule has 1 aromatic carbocycles. The Kier molecular flexibility index (Phi) is 4.47. The summed E-state index contributed by atoms with van der Waals surface area (Å²) in [5.41, 5.74) is 0.734. The lowest BCUT2D eigenvalue weighted by Crippen LogP contribution is -2.54. The van der Waals surface area contributed by atoms with Crippen molar-refractivity contribution in [3.63, 3.8) is 0 Å². The molecular formula is C18H24ClNO2. The summed E-state index contributed by atoms with van der Waals surface area (Å²) in [7, 11) is 0. The van der Waals surface area contributed by atoms with Crippen molar-refractivity contribution >= 4 is 17.5 Å². The van der Waals surface area contributed by atoms with Crippen LogP contribution in [0.2, 0.25) is 5.02 Å². The average Bonchev–Trinajstić information content (AvgIpc) is 2.48. The molecule has 2 atom stereocenters. The fourth-order valence-electron chi connectivity index (χ4n) is 3.82. The Balaban J connectivity index is 1.81. The molecule has 0 bridgehead atoms. The summed E-state index contributed by atoms with van der Waals surface area (Å²) in [6.07, 6.45) is 4.59. The number of halogens is 1. The molecule has 3 nitrogen and oxygen atoms in total. The third-order valence-electron chi connectivity index (χ3n) is 5.44. The van der Waals surface area contributed by atoms with Gasteiger partial charge in [0, 0.05) is 24.0 Å². The number of aliphatic hydroxyl groups is 1. The van der Waals surface area contributed by atoms with Crippen molar-refractivity contribution < 1.29 is 9.90 Å². The minimum absolute atomic E-state index is 0.208. The second-order valence-corrected chi connectivity index (χ2v) is 7.27. The fraction of sp³-hybridized carbons (Fsp3) is 0.611. The number of hydrogen-bond donors (Lipinski definition) is 1. The van der Waals surface area contributed by atoms with E-state index in [1.165, 1.54) is 0 Å². The molecule has 1 amide bonds. The quantitative estimate of drug-likeness (QED) is 0.927. The van der Waals surface area contributed by atoms with Crippen LogP contribution in [0.5, 0.6) is 0 Å². The molecular weight excluding hydrogens is 298 g/mol. The Morgan fingerprint density at radius 2 is 2.00 bits per heavy atom. The lowest BCUT2D eigenvalue weighted by Gasteiger charge is -2.46. The Morgan fingerprint density at radius 3 is 2.55 bits per heavy atom. The molecule has 1 heterocycles. The van der Waals surface area contributed by atoms with E-state index in [1.807, 2.05) is 36.1 Å². The molecule has 1 aromatic rings. The highest BCUT2D eigenvalue weighted by Crippen LogP contribution is 2.46. The zero-order valence-electron chi connectivity index (χ0n) is 13.1. The average molecular weight is 322 g/mol. The molecule has 3 rings (SSSR count). The third kappa shape index (κ3) is 2.77. The summed E-state index contributed by atoms with van der Waals surface area (Å²) in [6.45, 7) is 3.33.